The topological polar surface area (TPSA) is 29.5 Å². The van der Waals surface area contributed by atoms with Gasteiger partial charge in [0.15, 0.2) is 0 Å². The summed E-state index contributed by atoms with van der Waals surface area (Å²) < 4.78 is 19.0. The Hall–Kier alpha value is -2.36. The van der Waals surface area contributed by atoms with E-state index in [1.807, 2.05) is 35.2 Å². The predicted octanol–water partition coefficient (Wildman–Crippen LogP) is 4.30. The first kappa shape index (κ1) is 16.1. The van der Waals surface area contributed by atoms with Crippen LogP contribution in [0.25, 0.3) is 0 Å². The molecular weight excluding hydrogens is 317 g/mol. The molecule has 2 aliphatic rings. The molecule has 25 heavy (non-hydrogen) atoms. The van der Waals surface area contributed by atoms with Crippen LogP contribution in [0.4, 0.5) is 4.39 Å². The molecule has 3 nitrogen and oxygen atoms in total. The normalized spacial score (nSPS) is 25.0. The molecule has 4 rings (SSSR count). The molecule has 0 aromatic heterocycles. The maximum atomic E-state index is 13.6. The fourth-order valence-corrected chi connectivity index (χ4v) is 4.09. The molecule has 1 amide bonds. The third kappa shape index (κ3) is 3.01. The zero-order chi connectivity index (χ0) is 17.4. The Bertz CT molecular complexity index is 791. The fraction of sp³-hybridized carbons (Fsp3) is 0.381. The number of rotatable bonds is 4. The number of hydrogen-bond donors (Lipinski definition) is 0. The number of carbonyl (C=O) groups excluding carboxylic acids is 1. The van der Waals surface area contributed by atoms with Gasteiger partial charge in [-0.25, -0.2) is 4.39 Å². The van der Waals surface area contributed by atoms with Crippen molar-refractivity contribution in [2.75, 3.05) is 13.7 Å². The van der Waals surface area contributed by atoms with Gasteiger partial charge in [0.1, 0.15) is 11.6 Å². The third-order valence-corrected chi connectivity index (χ3v) is 5.42. The number of methoxy groups -OCH3 is 1. The second-order valence-electron chi connectivity index (χ2n) is 6.94. The highest BCUT2D eigenvalue weighted by Crippen LogP contribution is 2.52. The van der Waals surface area contributed by atoms with E-state index < -0.39 is 0 Å². The van der Waals surface area contributed by atoms with E-state index in [2.05, 4.69) is 0 Å². The molecule has 0 N–H and O–H groups in total. The summed E-state index contributed by atoms with van der Waals surface area (Å²) in [5, 5.41) is 0. The molecule has 3 atom stereocenters. The van der Waals surface area contributed by atoms with E-state index in [1.165, 1.54) is 6.07 Å². The van der Waals surface area contributed by atoms with E-state index in [4.69, 9.17) is 4.74 Å². The number of benzene rings is 2. The lowest BCUT2D eigenvalue weighted by molar-refractivity contribution is -0.133. The van der Waals surface area contributed by atoms with Crippen LogP contribution in [0.3, 0.4) is 0 Å². The van der Waals surface area contributed by atoms with Crippen LogP contribution in [0.2, 0.25) is 0 Å². The number of hydrogen-bond acceptors (Lipinski definition) is 2. The number of ether oxygens (including phenoxy) is 1. The molecule has 0 bridgehead atoms. The van der Waals surface area contributed by atoms with Gasteiger partial charge in [0.05, 0.1) is 13.2 Å². The number of carbonyl (C=O) groups is 1. The Morgan fingerprint density at radius 2 is 2.04 bits per heavy atom. The van der Waals surface area contributed by atoms with Gasteiger partial charge < -0.3 is 9.64 Å². The van der Waals surface area contributed by atoms with Crippen LogP contribution in [-0.4, -0.2) is 24.5 Å². The standard InChI is InChI=1S/C21H22FNO2/c1-25-20-10-3-2-8-16(20)17-13-18(17)21(24)23-11-5-9-19(23)14-6-4-7-15(22)12-14/h2-4,6-8,10,12,17-19H,5,9,11,13H2,1H3/t17-,18+,19-/m0/s1. The fourth-order valence-electron chi connectivity index (χ4n) is 4.09. The van der Waals surface area contributed by atoms with E-state index in [0.717, 1.165) is 42.7 Å². The molecule has 1 aliphatic carbocycles. The van der Waals surface area contributed by atoms with Crippen molar-refractivity contribution in [3.63, 3.8) is 0 Å². The second-order valence-corrected chi connectivity index (χ2v) is 6.94. The molecular formula is C21H22FNO2. The van der Waals surface area contributed by atoms with Gasteiger partial charge in [-0.1, -0.05) is 30.3 Å². The third-order valence-electron chi connectivity index (χ3n) is 5.42. The van der Waals surface area contributed by atoms with Crippen molar-refractivity contribution >= 4 is 5.91 Å². The predicted molar refractivity (Wildman–Crippen MR) is 93.9 cm³/mol. The molecule has 2 fully saturated rings. The maximum absolute atomic E-state index is 13.6. The minimum absolute atomic E-state index is 0.00196. The van der Waals surface area contributed by atoms with Crippen molar-refractivity contribution in [2.45, 2.75) is 31.2 Å². The van der Waals surface area contributed by atoms with Crippen molar-refractivity contribution in [3.05, 3.63) is 65.5 Å². The van der Waals surface area contributed by atoms with Crippen LogP contribution in [0, 0.1) is 11.7 Å². The molecule has 4 heteroatoms. The Balaban J connectivity index is 1.52. The summed E-state index contributed by atoms with van der Waals surface area (Å²) in [7, 11) is 1.67. The van der Waals surface area contributed by atoms with Crippen molar-refractivity contribution in [3.8, 4) is 5.75 Å². The summed E-state index contributed by atoms with van der Waals surface area (Å²) in [6, 6.07) is 14.6. The van der Waals surface area contributed by atoms with E-state index in [0.29, 0.717) is 0 Å². The van der Waals surface area contributed by atoms with Crippen LogP contribution in [-0.2, 0) is 4.79 Å². The molecule has 0 unspecified atom stereocenters. The van der Waals surface area contributed by atoms with Crippen molar-refractivity contribution in [1.29, 1.82) is 0 Å². The number of likely N-dealkylation sites (tertiary alicyclic amines) is 1. The summed E-state index contributed by atoms with van der Waals surface area (Å²) in [5.74, 6) is 1.06. The summed E-state index contributed by atoms with van der Waals surface area (Å²) in [4.78, 5) is 15.0. The van der Waals surface area contributed by atoms with E-state index >= 15 is 0 Å². The van der Waals surface area contributed by atoms with Crippen LogP contribution in [0.1, 0.15) is 42.3 Å². The molecule has 1 heterocycles. The highest BCUT2D eigenvalue weighted by molar-refractivity contribution is 5.84. The van der Waals surface area contributed by atoms with Crippen molar-refractivity contribution in [1.82, 2.24) is 4.90 Å². The molecule has 0 radical (unpaired) electrons. The van der Waals surface area contributed by atoms with Crippen LogP contribution < -0.4 is 4.74 Å². The van der Waals surface area contributed by atoms with Gasteiger partial charge in [-0.15, -0.1) is 0 Å². The first-order chi connectivity index (χ1) is 12.2. The van der Waals surface area contributed by atoms with Gasteiger partial charge in [0, 0.05) is 12.5 Å². The summed E-state index contributed by atoms with van der Waals surface area (Å²) >= 11 is 0. The van der Waals surface area contributed by atoms with Crippen LogP contribution >= 0.6 is 0 Å². The largest absolute Gasteiger partial charge is 0.496 e. The molecule has 2 aromatic carbocycles. The smallest absolute Gasteiger partial charge is 0.226 e. The zero-order valence-corrected chi connectivity index (χ0v) is 14.3. The van der Waals surface area contributed by atoms with Gasteiger partial charge in [0.25, 0.3) is 0 Å². The number of amides is 1. The molecule has 1 saturated heterocycles. The van der Waals surface area contributed by atoms with Gasteiger partial charge in [-0.3, -0.25) is 4.79 Å². The van der Waals surface area contributed by atoms with Gasteiger partial charge >= 0.3 is 0 Å². The first-order valence-electron chi connectivity index (χ1n) is 8.88. The van der Waals surface area contributed by atoms with E-state index in [9.17, 15) is 9.18 Å². The first-order valence-corrected chi connectivity index (χ1v) is 8.88. The van der Waals surface area contributed by atoms with Gasteiger partial charge in [-0.05, 0) is 54.5 Å². The molecule has 2 aromatic rings. The van der Waals surface area contributed by atoms with Crippen LogP contribution in [0.15, 0.2) is 48.5 Å². The lowest BCUT2D eigenvalue weighted by Crippen LogP contribution is -2.32. The lowest BCUT2D eigenvalue weighted by Gasteiger charge is -2.25. The van der Waals surface area contributed by atoms with Crippen LogP contribution in [0.5, 0.6) is 5.75 Å². The number of halogens is 1. The molecule has 1 aliphatic heterocycles. The highest BCUT2D eigenvalue weighted by Gasteiger charge is 2.48. The van der Waals surface area contributed by atoms with Crippen molar-refractivity contribution in [2.24, 2.45) is 5.92 Å². The monoisotopic (exact) mass is 339 g/mol. The Morgan fingerprint density at radius 1 is 1.20 bits per heavy atom. The van der Waals surface area contributed by atoms with E-state index in [1.54, 1.807) is 19.2 Å². The second kappa shape index (κ2) is 6.51. The average Bonchev–Trinajstić information content (AvgIpc) is 3.28. The van der Waals surface area contributed by atoms with Crippen molar-refractivity contribution < 1.29 is 13.9 Å². The number of nitrogens with zero attached hydrogens (tertiary/aromatic N) is 1. The summed E-state index contributed by atoms with van der Waals surface area (Å²) in [5.41, 5.74) is 2.02. The number of para-hydroxylation sites is 1. The zero-order valence-electron chi connectivity index (χ0n) is 14.3. The average molecular weight is 339 g/mol. The maximum Gasteiger partial charge on any atom is 0.226 e. The minimum atomic E-state index is -0.241. The summed E-state index contributed by atoms with van der Waals surface area (Å²) in [6.45, 7) is 0.759. The summed E-state index contributed by atoms with van der Waals surface area (Å²) in [6.07, 6.45) is 2.74. The highest BCUT2D eigenvalue weighted by atomic mass is 19.1. The quantitative estimate of drug-likeness (QED) is 0.831. The van der Waals surface area contributed by atoms with Gasteiger partial charge in [-0.2, -0.15) is 0 Å². The van der Waals surface area contributed by atoms with E-state index in [-0.39, 0.29) is 29.6 Å². The minimum Gasteiger partial charge on any atom is -0.496 e. The molecule has 130 valence electrons. The molecule has 1 saturated carbocycles. The SMILES string of the molecule is COc1ccccc1[C@@H]1C[C@H]1C(=O)N1CCC[C@H]1c1cccc(F)c1. The Morgan fingerprint density at radius 3 is 2.84 bits per heavy atom. The molecule has 0 spiro atoms. The van der Waals surface area contributed by atoms with Gasteiger partial charge in [0.2, 0.25) is 5.91 Å². The Kier molecular flexibility index (Phi) is 4.20. The lowest BCUT2D eigenvalue weighted by atomic mass is 10.0. The Labute approximate surface area is 147 Å².